The number of aromatic amines is 1. The summed E-state index contributed by atoms with van der Waals surface area (Å²) in [4.78, 5) is 17.8. The first-order chi connectivity index (χ1) is 8.22. The van der Waals surface area contributed by atoms with Gasteiger partial charge in [0, 0.05) is 13.1 Å². The number of hydrogen-bond acceptors (Lipinski definition) is 5. The van der Waals surface area contributed by atoms with E-state index in [1.165, 1.54) is 6.33 Å². The first-order valence-electron chi connectivity index (χ1n) is 5.56. The van der Waals surface area contributed by atoms with E-state index in [0.717, 1.165) is 0 Å². The topological polar surface area (TPSA) is 83.1 Å². The van der Waals surface area contributed by atoms with Crippen LogP contribution in [0.15, 0.2) is 6.33 Å². The third-order valence-electron chi connectivity index (χ3n) is 3.00. The van der Waals surface area contributed by atoms with Gasteiger partial charge in [0.25, 0.3) is 0 Å². The van der Waals surface area contributed by atoms with Gasteiger partial charge in [-0.05, 0) is 7.05 Å². The fraction of sp³-hybridized carbons (Fsp3) is 0.700. The summed E-state index contributed by atoms with van der Waals surface area (Å²) in [5, 5.41) is 9.59. The van der Waals surface area contributed by atoms with E-state index in [1.54, 1.807) is 11.9 Å². The van der Waals surface area contributed by atoms with Gasteiger partial charge in [0.15, 0.2) is 0 Å². The van der Waals surface area contributed by atoms with Crippen LogP contribution in [-0.2, 0) is 16.1 Å². The Labute approximate surface area is 99.5 Å². The zero-order valence-corrected chi connectivity index (χ0v) is 10.0. The molecule has 2 N–H and O–H groups in total. The van der Waals surface area contributed by atoms with Crippen molar-refractivity contribution in [2.75, 3.05) is 27.3 Å². The summed E-state index contributed by atoms with van der Waals surface area (Å²) in [7, 11) is 3.60. The Morgan fingerprint density at radius 3 is 3.18 bits per heavy atom. The van der Waals surface area contributed by atoms with Gasteiger partial charge in [-0.1, -0.05) is 0 Å². The van der Waals surface area contributed by atoms with E-state index in [4.69, 9.17) is 4.74 Å². The maximum absolute atomic E-state index is 12.2. The number of rotatable bonds is 4. The minimum absolute atomic E-state index is 0.0678. The van der Waals surface area contributed by atoms with Crippen molar-refractivity contribution in [1.29, 1.82) is 0 Å². The molecule has 0 aromatic carbocycles. The molecule has 0 aliphatic carbocycles. The fourth-order valence-corrected chi connectivity index (χ4v) is 1.97. The molecule has 7 nitrogen and oxygen atoms in total. The molecular formula is C10H17N5O2. The largest absolute Gasteiger partial charge is 0.379 e. The average Bonchev–Trinajstić information content (AvgIpc) is 2.97. The van der Waals surface area contributed by atoms with E-state index in [9.17, 15) is 4.79 Å². The monoisotopic (exact) mass is 239 g/mol. The van der Waals surface area contributed by atoms with Crippen LogP contribution >= 0.6 is 0 Å². The van der Waals surface area contributed by atoms with Gasteiger partial charge in [0.1, 0.15) is 12.2 Å². The highest BCUT2D eigenvalue weighted by atomic mass is 16.5. The first-order valence-corrected chi connectivity index (χ1v) is 5.56. The number of H-pyrrole nitrogens is 1. The van der Waals surface area contributed by atoms with Crippen LogP contribution in [0.4, 0.5) is 0 Å². The van der Waals surface area contributed by atoms with Gasteiger partial charge in [-0.25, -0.2) is 4.98 Å². The van der Waals surface area contributed by atoms with Crippen molar-refractivity contribution in [2.24, 2.45) is 5.92 Å². The molecule has 1 amide bonds. The van der Waals surface area contributed by atoms with Gasteiger partial charge in [-0.2, -0.15) is 5.10 Å². The molecule has 2 atom stereocenters. The van der Waals surface area contributed by atoms with E-state index in [0.29, 0.717) is 25.6 Å². The number of nitrogens with one attached hydrogen (secondary N) is 2. The Bertz CT molecular complexity index is 367. The highest BCUT2D eigenvalue weighted by molar-refractivity contribution is 5.79. The summed E-state index contributed by atoms with van der Waals surface area (Å²) >= 11 is 0. The highest BCUT2D eigenvalue weighted by Crippen LogP contribution is 2.16. The lowest BCUT2D eigenvalue weighted by molar-refractivity contribution is -0.135. The summed E-state index contributed by atoms with van der Waals surface area (Å²) in [5.41, 5.74) is 0. The third kappa shape index (κ3) is 2.62. The molecule has 0 saturated carbocycles. The van der Waals surface area contributed by atoms with E-state index in [2.05, 4.69) is 20.5 Å². The van der Waals surface area contributed by atoms with E-state index in [1.807, 2.05) is 7.05 Å². The van der Waals surface area contributed by atoms with Gasteiger partial charge < -0.3 is 15.0 Å². The summed E-state index contributed by atoms with van der Waals surface area (Å²) in [6.07, 6.45) is 1.43. The molecule has 2 heterocycles. The second kappa shape index (κ2) is 5.24. The normalized spacial score (nSPS) is 23.9. The molecule has 1 fully saturated rings. The van der Waals surface area contributed by atoms with Crippen molar-refractivity contribution in [3.8, 4) is 0 Å². The lowest BCUT2D eigenvalue weighted by atomic mass is 10.0. The smallest absolute Gasteiger partial charge is 0.229 e. The second-order valence-corrected chi connectivity index (χ2v) is 4.17. The molecule has 17 heavy (non-hydrogen) atoms. The molecule has 2 unspecified atom stereocenters. The van der Waals surface area contributed by atoms with Gasteiger partial charge in [0.05, 0.1) is 25.7 Å². The minimum Gasteiger partial charge on any atom is -0.379 e. The van der Waals surface area contributed by atoms with Gasteiger partial charge in [-0.15, -0.1) is 0 Å². The highest BCUT2D eigenvalue weighted by Gasteiger charge is 2.34. The summed E-state index contributed by atoms with van der Waals surface area (Å²) in [6.45, 7) is 1.50. The molecule has 1 aliphatic heterocycles. The van der Waals surface area contributed by atoms with Gasteiger partial charge >= 0.3 is 0 Å². The molecular weight excluding hydrogens is 222 g/mol. The quantitative estimate of drug-likeness (QED) is 0.704. The van der Waals surface area contributed by atoms with E-state index < -0.39 is 0 Å². The van der Waals surface area contributed by atoms with Crippen LogP contribution in [0.2, 0.25) is 0 Å². The van der Waals surface area contributed by atoms with Crippen LogP contribution in [0.3, 0.4) is 0 Å². The molecule has 7 heteroatoms. The fourth-order valence-electron chi connectivity index (χ4n) is 1.97. The Balaban J connectivity index is 1.94. The Hall–Kier alpha value is -1.47. The lowest BCUT2D eigenvalue weighted by Gasteiger charge is -2.22. The Morgan fingerprint density at radius 1 is 1.71 bits per heavy atom. The molecule has 1 aromatic heterocycles. The van der Waals surface area contributed by atoms with Gasteiger partial charge in [-0.3, -0.25) is 9.89 Å². The molecule has 0 radical (unpaired) electrons. The number of likely N-dealkylation sites (N-methyl/N-ethyl adjacent to an activating group) is 1. The molecule has 1 aromatic rings. The van der Waals surface area contributed by atoms with Crippen LogP contribution in [0.5, 0.6) is 0 Å². The second-order valence-electron chi connectivity index (χ2n) is 4.17. The average molecular weight is 239 g/mol. The van der Waals surface area contributed by atoms with Crippen molar-refractivity contribution in [3.05, 3.63) is 12.2 Å². The van der Waals surface area contributed by atoms with Crippen molar-refractivity contribution in [3.63, 3.8) is 0 Å². The number of carbonyl (C=O) groups excluding carboxylic acids is 1. The minimum atomic E-state index is -0.118. The van der Waals surface area contributed by atoms with Crippen molar-refractivity contribution in [2.45, 2.75) is 12.6 Å². The van der Waals surface area contributed by atoms with Crippen molar-refractivity contribution < 1.29 is 9.53 Å². The number of hydrogen-bond donors (Lipinski definition) is 2. The van der Waals surface area contributed by atoms with Gasteiger partial charge in [0.2, 0.25) is 5.91 Å². The molecule has 2 rings (SSSR count). The Morgan fingerprint density at radius 2 is 2.53 bits per heavy atom. The van der Waals surface area contributed by atoms with Crippen LogP contribution in [0.25, 0.3) is 0 Å². The standard InChI is InChI=1S/C10H17N5O2/c1-11-8-5-17-4-7(8)10(16)15(2)3-9-12-6-13-14-9/h6-8,11H,3-5H2,1-2H3,(H,12,13,14). The first kappa shape index (κ1) is 12.0. The molecule has 1 aliphatic rings. The zero-order valence-electron chi connectivity index (χ0n) is 10.0. The maximum Gasteiger partial charge on any atom is 0.229 e. The van der Waals surface area contributed by atoms with E-state index >= 15 is 0 Å². The predicted molar refractivity (Wildman–Crippen MR) is 60.0 cm³/mol. The zero-order chi connectivity index (χ0) is 12.3. The summed E-state index contributed by atoms with van der Waals surface area (Å²) < 4.78 is 5.32. The SMILES string of the molecule is CNC1COCC1C(=O)N(C)Cc1ncn[nH]1. The molecule has 1 saturated heterocycles. The van der Waals surface area contributed by atoms with E-state index in [-0.39, 0.29) is 17.9 Å². The number of carbonyl (C=O) groups is 1. The maximum atomic E-state index is 12.2. The third-order valence-corrected chi connectivity index (χ3v) is 3.00. The van der Waals surface area contributed by atoms with Crippen LogP contribution < -0.4 is 5.32 Å². The van der Waals surface area contributed by atoms with Crippen molar-refractivity contribution >= 4 is 5.91 Å². The molecule has 0 bridgehead atoms. The Kier molecular flexibility index (Phi) is 3.70. The molecule has 0 spiro atoms. The summed E-state index contributed by atoms with van der Waals surface area (Å²) in [6, 6.07) is 0.0969. The van der Waals surface area contributed by atoms with Crippen LogP contribution in [0.1, 0.15) is 5.82 Å². The predicted octanol–water partition coefficient (Wildman–Crippen LogP) is -1.00. The number of amides is 1. The van der Waals surface area contributed by atoms with Crippen molar-refractivity contribution in [1.82, 2.24) is 25.4 Å². The van der Waals surface area contributed by atoms with Crippen LogP contribution in [-0.4, -0.2) is 59.3 Å². The number of nitrogens with zero attached hydrogens (tertiary/aromatic N) is 3. The number of aromatic nitrogens is 3. The lowest BCUT2D eigenvalue weighted by Crippen LogP contribution is -2.43. The van der Waals surface area contributed by atoms with Crippen LogP contribution in [0, 0.1) is 5.92 Å². The number of ether oxygens (including phenoxy) is 1. The summed E-state index contributed by atoms with van der Waals surface area (Å²) in [5.74, 6) is 0.631. The molecule has 94 valence electrons.